The molecule has 4 aliphatic heterocycles. The molecule has 1 spiro atoms. The van der Waals surface area contributed by atoms with Crippen LogP contribution in [0.25, 0.3) is 66.0 Å². The van der Waals surface area contributed by atoms with Crippen LogP contribution in [-0.4, -0.2) is 19.4 Å². The van der Waals surface area contributed by atoms with Crippen LogP contribution in [0.5, 0.6) is 0 Å². The Morgan fingerprint density at radius 1 is 0.429 bits per heavy atom. The van der Waals surface area contributed by atoms with E-state index in [4.69, 9.17) is 0 Å². The summed E-state index contributed by atoms with van der Waals surface area (Å²) in [5.74, 6) is 0. The van der Waals surface area contributed by atoms with E-state index in [0.717, 1.165) is 0 Å². The van der Waals surface area contributed by atoms with E-state index in [2.05, 4.69) is 197 Å². The number of aromatic nitrogens is 1. The molecule has 10 aromatic rings. The predicted octanol–water partition coefficient (Wildman–Crippen LogP) is 8.70. The van der Waals surface area contributed by atoms with Crippen molar-refractivity contribution < 1.29 is 0 Å². The number of para-hydroxylation sites is 3. The summed E-state index contributed by atoms with van der Waals surface area (Å²) in [5, 5.41) is 11.2. The van der Waals surface area contributed by atoms with Gasteiger partial charge >= 0.3 is 6.85 Å². The van der Waals surface area contributed by atoms with Crippen LogP contribution < -0.4 is 36.6 Å². The summed E-state index contributed by atoms with van der Waals surface area (Å²) in [6.07, 6.45) is 0. The van der Waals surface area contributed by atoms with Crippen molar-refractivity contribution in [3.63, 3.8) is 0 Å². The van der Waals surface area contributed by atoms with Gasteiger partial charge in [-0.3, -0.25) is 0 Å². The number of hydrogen-bond acceptors (Lipinski definition) is 1. The topological polar surface area (TPSA) is 8.17 Å². The summed E-state index contributed by atoms with van der Waals surface area (Å²) in [6.45, 7) is -0.00436. The van der Waals surface area contributed by atoms with E-state index in [1.54, 1.807) is 0 Å². The molecule has 0 fully saturated rings. The van der Waals surface area contributed by atoms with Crippen LogP contribution >= 0.6 is 0 Å². The van der Waals surface area contributed by atoms with E-state index in [0.29, 0.717) is 0 Å². The van der Waals surface area contributed by atoms with Gasteiger partial charge in [0.25, 0.3) is 0 Å². The van der Waals surface area contributed by atoms with Crippen molar-refractivity contribution in [3.8, 4) is 33.4 Å². The van der Waals surface area contributed by atoms with E-state index >= 15 is 0 Å². The molecule has 14 rings (SSSR count). The van der Waals surface area contributed by atoms with Gasteiger partial charge in [0.1, 0.15) is 0 Å². The normalized spacial score (nSPS) is 14.5. The molecular weight excluding hydrogens is 691 g/mol. The Kier molecular flexibility index (Phi) is 5.39. The number of hydrogen-bond donors (Lipinski definition) is 0. The van der Waals surface area contributed by atoms with E-state index in [-0.39, 0.29) is 6.85 Å². The summed E-state index contributed by atoms with van der Waals surface area (Å²) in [5.41, 5.74) is 17.3. The second-order valence-electron chi connectivity index (χ2n) is 15.9. The lowest BCUT2D eigenvalue weighted by Gasteiger charge is -2.49. The lowest BCUT2D eigenvalue weighted by atomic mass is 9.45. The van der Waals surface area contributed by atoms with E-state index < -0.39 is 8.07 Å². The van der Waals surface area contributed by atoms with E-state index in [1.165, 1.54) is 115 Å². The Hall–Kier alpha value is -6.88. The quantitative estimate of drug-likeness (QED) is 0.154. The van der Waals surface area contributed by atoms with Crippen molar-refractivity contribution in [2.75, 3.05) is 4.90 Å². The Balaban J connectivity index is 1.20. The van der Waals surface area contributed by atoms with Crippen LogP contribution in [0.3, 0.4) is 0 Å². The molecule has 0 amide bonds. The van der Waals surface area contributed by atoms with Crippen molar-refractivity contribution >= 4 is 96.2 Å². The molecule has 56 heavy (non-hydrogen) atoms. The van der Waals surface area contributed by atoms with Gasteiger partial charge in [0.2, 0.25) is 0 Å². The zero-order valence-electron chi connectivity index (χ0n) is 30.4. The monoisotopic (exact) mass is 722 g/mol. The highest BCUT2D eigenvalue weighted by Crippen LogP contribution is 2.49. The Morgan fingerprint density at radius 3 is 1.93 bits per heavy atom. The van der Waals surface area contributed by atoms with Gasteiger partial charge in [-0.25, -0.2) is 0 Å². The van der Waals surface area contributed by atoms with Crippen LogP contribution in [0.2, 0.25) is 0 Å². The highest BCUT2D eigenvalue weighted by Gasteiger charge is 2.56. The minimum Gasteiger partial charge on any atom is -0.375 e. The average Bonchev–Trinajstić information content (AvgIpc) is 3.76. The third-order valence-corrected chi connectivity index (χ3v) is 18.5. The highest BCUT2D eigenvalue weighted by molar-refractivity contribution is 7.24. The molecule has 0 atom stereocenters. The third kappa shape index (κ3) is 3.31. The maximum atomic E-state index is 2.72. The molecule has 256 valence electrons. The number of fused-ring (bicyclic) bond motifs is 18. The number of nitrogens with zero attached hydrogens (tertiary/aromatic N) is 2. The van der Waals surface area contributed by atoms with Gasteiger partial charge in [0, 0.05) is 44.4 Å². The van der Waals surface area contributed by atoms with Gasteiger partial charge < -0.3 is 9.38 Å². The first-order valence-electron chi connectivity index (χ1n) is 19.7. The molecule has 0 N–H and O–H groups in total. The van der Waals surface area contributed by atoms with Crippen molar-refractivity contribution in [3.05, 3.63) is 188 Å². The molecule has 4 heteroatoms. The number of anilines is 3. The zero-order chi connectivity index (χ0) is 36.3. The maximum absolute atomic E-state index is 2.75. The lowest BCUT2D eigenvalue weighted by molar-refractivity contribution is 1.26. The molecule has 5 heterocycles. The minimum atomic E-state index is -2.75. The molecule has 0 aliphatic carbocycles. The molecule has 0 saturated heterocycles. The maximum Gasteiger partial charge on any atom is 0.333 e. The second-order valence-corrected chi connectivity index (χ2v) is 19.6. The van der Waals surface area contributed by atoms with Crippen molar-refractivity contribution in [1.29, 1.82) is 0 Å². The first kappa shape index (κ1) is 29.5. The van der Waals surface area contributed by atoms with E-state index in [1.807, 2.05) is 0 Å². The third-order valence-electron chi connectivity index (χ3n) is 13.5. The molecule has 9 aromatic carbocycles. The van der Waals surface area contributed by atoms with Gasteiger partial charge in [-0.1, -0.05) is 164 Å². The molecule has 0 saturated carbocycles. The molecule has 4 aliphatic rings. The fraction of sp³-hybridized carbons (Fsp3) is 0. The zero-order valence-corrected chi connectivity index (χ0v) is 31.4. The first-order valence-corrected chi connectivity index (χ1v) is 21.7. The molecule has 0 unspecified atom stereocenters. The summed E-state index contributed by atoms with van der Waals surface area (Å²) in [4.78, 5) is 2.68. The van der Waals surface area contributed by atoms with Gasteiger partial charge in [-0.2, -0.15) is 0 Å². The predicted molar refractivity (Wildman–Crippen MR) is 239 cm³/mol. The Bertz CT molecular complexity index is 3350. The highest BCUT2D eigenvalue weighted by atomic mass is 28.3. The molecule has 0 radical (unpaired) electrons. The molecule has 2 nitrogen and oxygen atoms in total. The van der Waals surface area contributed by atoms with Gasteiger partial charge in [0.15, 0.2) is 8.07 Å². The number of rotatable bonds is 1. The van der Waals surface area contributed by atoms with Crippen molar-refractivity contribution in [2.24, 2.45) is 0 Å². The summed E-state index contributed by atoms with van der Waals surface area (Å²) in [6, 6.07) is 71.9. The Morgan fingerprint density at radius 2 is 1.09 bits per heavy atom. The van der Waals surface area contributed by atoms with Crippen LogP contribution in [0.1, 0.15) is 0 Å². The largest absolute Gasteiger partial charge is 0.375 e. The first-order chi connectivity index (χ1) is 27.8. The fourth-order valence-corrected chi connectivity index (χ4v) is 17.1. The fourth-order valence-electron chi connectivity index (χ4n) is 11.6. The molecular formula is C52H31BN2Si. The van der Waals surface area contributed by atoms with Gasteiger partial charge in [0.05, 0.1) is 0 Å². The van der Waals surface area contributed by atoms with Crippen LogP contribution in [0, 0.1) is 0 Å². The van der Waals surface area contributed by atoms with Gasteiger partial charge in [-0.05, 0) is 94.5 Å². The van der Waals surface area contributed by atoms with Crippen LogP contribution in [0.4, 0.5) is 17.1 Å². The summed E-state index contributed by atoms with van der Waals surface area (Å²) >= 11 is 0. The smallest absolute Gasteiger partial charge is 0.333 e. The van der Waals surface area contributed by atoms with Crippen molar-refractivity contribution in [2.45, 2.75) is 0 Å². The second kappa shape index (κ2) is 10.2. The minimum absolute atomic E-state index is 0.00436. The van der Waals surface area contributed by atoms with Crippen LogP contribution in [0.15, 0.2) is 188 Å². The standard InChI is InChI=1S/C52H31BN2Si/c1-2-14-32(15-3-1)34-30-40-38-20-12-21-39-49-35-17-5-4-16-33(35)28-29-43(49)55(51(38)39)53-41-22-13-27-48-52(41)54(44(31-34)50(40)53)42-23-8-11-26-47(42)56(48)45-24-9-6-18-36(45)37-19-7-10-25-46(37)56/h1-31H. The average molecular weight is 723 g/mol. The number of benzene rings is 9. The summed E-state index contributed by atoms with van der Waals surface area (Å²) < 4.78 is 2.72. The SMILES string of the molecule is c1ccc(-c2cc3c4c(c2)N2c5ccccc5[Si]5(c6ccccc6-c6ccccc65)c5cccc(c52)B4n2c4ccc5ccccc5c4c4cccc-3c42)cc1. The van der Waals surface area contributed by atoms with Crippen molar-refractivity contribution in [1.82, 2.24) is 4.48 Å². The lowest BCUT2D eigenvalue weighted by Crippen LogP contribution is -2.77. The summed E-state index contributed by atoms with van der Waals surface area (Å²) in [7, 11) is -2.75. The molecule has 0 bridgehead atoms. The van der Waals surface area contributed by atoms with Gasteiger partial charge in [-0.15, -0.1) is 0 Å². The van der Waals surface area contributed by atoms with E-state index in [9.17, 15) is 0 Å². The molecule has 1 aromatic heterocycles. The van der Waals surface area contributed by atoms with Crippen LogP contribution in [-0.2, 0) is 0 Å². The Labute approximate surface area is 325 Å².